The van der Waals surface area contributed by atoms with E-state index < -0.39 is 64.7 Å². The van der Waals surface area contributed by atoms with Crippen LogP contribution < -0.4 is 10.5 Å². The molecule has 11 heteroatoms. The Balaban J connectivity index is 1.67. The number of fused-ring (bicyclic) bond motifs is 3. The lowest BCUT2D eigenvalue weighted by Gasteiger charge is -2.55. The van der Waals surface area contributed by atoms with Gasteiger partial charge in [0, 0.05) is 29.8 Å². The Kier molecular flexibility index (Phi) is 8.43. The van der Waals surface area contributed by atoms with Crippen molar-refractivity contribution in [1.82, 2.24) is 9.88 Å². The molecule has 0 radical (unpaired) electrons. The molecule has 2 aromatic rings. The minimum atomic E-state index is -2.70. The van der Waals surface area contributed by atoms with Gasteiger partial charge in [0.1, 0.15) is 11.7 Å². The molecular formula is C33H41N3O8. The molecule has 1 aromatic heterocycles. The summed E-state index contributed by atoms with van der Waals surface area (Å²) in [6.07, 6.45) is 2.54. The van der Waals surface area contributed by atoms with E-state index in [-0.39, 0.29) is 24.2 Å². The number of rotatable bonds is 8. The molecule has 5 rings (SSSR count). The van der Waals surface area contributed by atoms with Crippen LogP contribution in [0.2, 0.25) is 0 Å². The summed E-state index contributed by atoms with van der Waals surface area (Å²) in [5.74, 6) is -8.39. The molecule has 44 heavy (non-hydrogen) atoms. The van der Waals surface area contributed by atoms with Crippen molar-refractivity contribution >= 4 is 23.3 Å². The van der Waals surface area contributed by atoms with Crippen LogP contribution in [0.15, 0.2) is 24.4 Å². The van der Waals surface area contributed by atoms with E-state index in [1.165, 1.54) is 7.11 Å². The van der Waals surface area contributed by atoms with E-state index in [1.54, 1.807) is 31.3 Å². The normalized spacial score (nSPS) is 30.4. The molecule has 1 aromatic carbocycles. The molecule has 3 aliphatic rings. The lowest BCUT2D eigenvalue weighted by molar-refractivity contribution is -0.190. The van der Waals surface area contributed by atoms with Gasteiger partial charge in [0.25, 0.3) is 0 Å². The SMILES string of the molecule is CCC(C)CCc1cc(-c2ccc(OC)nc2)c2c(c1O)C(=O)C1C(=O)[C@@]3(O)C(=O)C(C(N)=O)C(O)[C@H](N(C)C)[C@H]3C[C@H]1C2. The molecule has 4 unspecified atom stereocenters. The molecular weight excluding hydrogens is 566 g/mol. The number of phenolic OH excluding ortho intramolecular Hbond substituents is 1. The van der Waals surface area contributed by atoms with Crippen molar-refractivity contribution < 1.29 is 39.2 Å². The number of phenols is 1. The van der Waals surface area contributed by atoms with Gasteiger partial charge in [0.15, 0.2) is 23.0 Å². The second-order valence-corrected chi connectivity index (χ2v) is 12.9. The molecule has 0 bridgehead atoms. The Morgan fingerprint density at radius 1 is 1.23 bits per heavy atom. The fourth-order valence-electron chi connectivity index (χ4n) is 7.66. The number of likely N-dealkylation sites (N-methyl/N-ethyl adjacent to an activating group) is 1. The number of nitrogens with two attached hydrogens (primary N) is 1. The first kappa shape index (κ1) is 31.7. The number of hydrogen-bond acceptors (Lipinski definition) is 10. The minimum absolute atomic E-state index is 0.00743. The van der Waals surface area contributed by atoms with Crippen molar-refractivity contribution in [3.8, 4) is 22.8 Å². The van der Waals surface area contributed by atoms with Crippen molar-refractivity contribution in [2.75, 3.05) is 21.2 Å². The monoisotopic (exact) mass is 607 g/mol. The second-order valence-electron chi connectivity index (χ2n) is 12.9. The van der Waals surface area contributed by atoms with Crippen molar-refractivity contribution in [3.63, 3.8) is 0 Å². The van der Waals surface area contributed by atoms with Crippen LogP contribution in [0, 0.1) is 29.6 Å². The molecule has 1 amide bonds. The number of primary amides is 1. The van der Waals surface area contributed by atoms with Crippen LogP contribution in [-0.4, -0.2) is 87.4 Å². The highest BCUT2D eigenvalue weighted by atomic mass is 16.5. The largest absolute Gasteiger partial charge is 0.507 e. The maximum Gasteiger partial charge on any atom is 0.230 e. The maximum absolute atomic E-state index is 14.3. The number of methoxy groups -OCH3 is 1. The number of ether oxygens (including phenoxy) is 1. The summed E-state index contributed by atoms with van der Waals surface area (Å²) in [5, 5.41) is 34.5. The second kappa shape index (κ2) is 11.7. The van der Waals surface area contributed by atoms with Gasteiger partial charge in [-0.15, -0.1) is 0 Å². The molecule has 0 spiro atoms. The van der Waals surface area contributed by atoms with E-state index in [4.69, 9.17) is 10.5 Å². The van der Waals surface area contributed by atoms with Crippen LogP contribution in [0.3, 0.4) is 0 Å². The number of aliphatic hydroxyl groups excluding tert-OH is 1. The Labute approximate surface area is 256 Å². The number of amides is 1. The number of nitrogens with zero attached hydrogens (tertiary/aromatic N) is 2. The van der Waals surface area contributed by atoms with Gasteiger partial charge < -0.3 is 30.7 Å². The van der Waals surface area contributed by atoms with Crippen LogP contribution in [-0.2, 0) is 27.2 Å². The van der Waals surface area contributed by atoms with E-state index in [0.717, 1.165) is 12.8 Å². The molecule has 0 saturated heterocycles. The standard InChI is InChI=1S/C33H41N3O8/c1-6-15(2)7-8-16-11-19(17-9-10-22(44-5)35-14-17)20-12-18-13-21-26(36(3)4)29(39)25(32(34)42)31(41)33(21,43)30(40)23(18)28(38)24(20)27(16)37/h9-11,14-15,18,21,23,25-26,29,37,39,43H,6-8,12-13H2,1-5H3,(H2,34,42)/t15?,18-,21-,23?,25?,26-,29?,33-/m1/s1. The van der Waals surface area contributed by atoms with E-state index >= 15 is 0 Å². The first-order chi connectivity index (χ1) is 20.8. The fourth-order valence-corrected chi connectivity index (χ4v) is 7.66. The number of Topliss-reactive ketones (excluding diaryl/α,β-unsaturated/α-hetero) is 3. The molecule has 8 atom stereocenters. The van der Waals surface area contributed by atoms with E-state index in [0.29, 0.717) is 40.5 Å². The number of aryl methyl sites for hydroxylation is 1. The van der Waals surface area contributed by atoms with Gasteiger partial charge in [-0.3, -0.25) is 19.2 Å². The molecule has 2 fully saturated rings. The lowest BCUT2D eigenvalue weighted by atomic mass is 9.52. The zero-order valence-corrected chi connectivity index (χ0v) is 25.7. The predicted molar refractivity (Wildman–Crippen MR) is 160 cm³/mol. The van der Waals surface area contributed by atoms with Gasteiger partial charge in [-0.05, 0) is 80.4 Å². The Hall–Kier alpha value is -3.67. The van der Waals surface area contributed by atoms with Gasteiger partial charge >= 0.3 is 0 Å². The lowest BCUT2D eigenvalue weighted by Crippen LogP contribution is -2.75. The average molecular weight is 608 g/mol. The summed E-state index contributed by atoms with van der Waals surface area (Å²) in [6.45, 7) is 4.19. The Morgan fingerprint density at radius 3 is 2.50 bits per heavy atom. The summed E-state index contributed by atoms with van der Waals surface area (Å²) in [5.41, 5.74) is 5.30. The summed E-state index contributed by atoms with van der Waals surface area (Å²) in [4.78, 5) is 60.4. The minimum Gasteiger partial charge on any atom is -0.507 e. The predicted octanol–water partition coefficient (Wildman–Crippen LogP) is 1.71. The van der Waals surface area contributed by atoms with Gasteiger partial charge in [0.05, 0.1) is 24.7 Å². The van der Waals surface area contributed by atoms with E-state index in [2.05, 4.69) is 18.8 Å². The number of aliphatic hydroxyl groups is 2. The topological polar surface area (TPSA) is 180 Å². The molecule has 3 aliphatic carbocycles. The number of aromatic hydroxyl groups is 1. The number of pyridine rings is 1. The van der Waals surface area contributed by atoms with Crippen molar-refractivity contribution in [2.45, 2.75) is 63.7 Å². The van der Waals surface area contributed by atoms with Crippen LogP contribution in [0.1, 0.15) is 54.6 Å². The highest BCUT2D eigenvalue weighted by Crippen LogP contribution is 2.53. The Morgan fingerprint density at radius 2 is 1.93 bits per heavy atom. The van der Waals surface area contributed by atoms with E-state index in [9.17, 15) is 34.5 Å². The number of carbonyl (C=O) groups excluding carboxylic acids is 4. The molecule has 0 aliphatic heterocycles. The third kappa shape index (κ3) is 4.81. The average Bonchev–Trinajstić information content (AvgIpc) is 2.98. The van der Waals surface area contributed by atoms with Gasteiger partial charge in [-0.2, -0.15) is 0 Å². The number of carbonyl (C=O) groups is 4. The maximum atomic E-state index is 14.3. The molecule has 1 heterocycles. The highest BCUT2D eigenvalue weighted by Gasteiger charge is 2.69. The molecule has 236 valence electrons. The summed E-state index contributed by atoms with van der Waals surface area (Å²) >= 11 is 0. The third-order valence-electron chi connectivity index (χ3n) is 10.2. The zero-order chi connectivity index (χ0) is 32.2. The van der Waals surface area contributed by atoms with Gasteiger partial charge in [-0.1, -0.05) is 20.3 Å². The number of ketones is 3. The van der Waals surface area contributed by atoms with Crippen LogP contribution in [0.5, 0.6) is 11.6 Å². The smallest absolute Gasteiger partial charge is 0.230 e. The highest BCUT2D eigenvalue weighted by molar-refractivity contribution is 6.25. The summed E-state index contributed by atoms with van der Waals surface area (Å²) in [7, 11) is 4.75. The van der Waals surface area contributed by atoms with Crippen LogP contribution in [0.25, 0.3) is 11.1 Å². The summed E-state index contributed by atoms with van der Waals surface area (Å²) < 4.78 is 5.22. The number of benzene rings is 1. The number of hydrogen-bond donors (Lipinski definition) is 4. The number of aromatic nitrogens is 1. The Bertz CT molecular complexity index is 1510. The first-order valence-corrected chi connectivity index (χ1v) is 15.1. The molecule has 2 saturated carbocycles. The molecule has 5 N–H and O–H groups in total. The van der Waals surface area contributed by atoms with Gasteiger partial charge in [0.2, 0.25) is 11.8 Å². The van der Waals surface area contributed by atoms with Crippen molar-refractivity contribution in [2.24, 2.45) is 35.3 Å². The van der Waals surface area contributed by atoms with Crippen LogP contribution >= 0.6 is 0 Å². The first-order valence-electron chi connectivity index (χ1n) is 15.1. The van der Waals surface area contributed by atoms with Crippen molar-refractivity contribution in [1.29, 1.82) is 0 Å². The van der Waals surface area contributed by atoms with Gasteiger partial charge in [-0.25, -0.2) is 4.98 Å². The third-order valence-corrected chi connectivity index (χ3v) is 10.2. The van der Waals surface area contributed by atoms with Crippen molar-refractivity contribution in [3.05, 3.63) is 41.1 Å². The van der Waals surface area contributed by atoms with Crippen LogP contribution in [0.4, 0.5) is 0 Å². The quantitative estimate of drug-likeness (QED) is 0.323. The fraction of sp³-hybridized carbons (Fsp3) is 0.545. The summed E-state index contributed by atoms with van der Waals surface area (Å²) in [6, 6.07) is 4.44. The van der Waals surface area contributed by atoms with E-state index in [1.807, 2.05) is 12.1 Å². The molecule has 11 nitrogen and oxygen atoms in total. The zero-order valence-electron chi connectivity index (χ0n) is 25.7.